The molecule has 0 aliphatic heterocycles. The fourth-order valence-corrected chi connectivity index (χ4v) is 4.02. The lowest BCUT2D eigenvalue weighted by atomic mass is 9.89. The lowest BCUT2D eigenvalue weighted by Gasteiger charge is -2.19. The minimum atomic E-state index is -4.49. The Balaban J connectivity index is 1.82. The highest BCUT2D eigenvalue weighted by atomic mass is 19.4. The van der Waals surface area contributed by atoms with E-state index in [1.54, 1.807) is 19.9 Å². The van der Waals surface area contributed by atoms with Gasteiger partial charge in [0.1, 0.15) is 18.5 Å². The molecule has 0 radical (unpaired) electrons. The third-order valence-electron chi connectivity index (χ3n) is 5.75. The minimum absolute atomic E-state index is 0.0101. The summed E-state index contributed by atoms with van der Waals surface area (Å²) in [5, 5.41) is 30.8. The number of allylic oxidation sites excluding steroid dienone is 2. The van der Waals surface area contributed by atoms with Gasteiger partial charge in [-0.05, 0) is 57.2 Å². The van der Waals surface area contributed by atoms with Crippen molar-refractivity contribution < 1.29 is 42.8 Å². The largest absolute Gasteiger partial charge is 0.491 e. The highest BCUT2D eigenvalue weighted by Crippen LogP contribution is 2.36. The Bertz CT molecular complexity index is 852. The monoisotopic (exact) mass is 500 g/mol. The summed E-state index contributed by atoms with van der Waals surface area (Å²) >= 11 is 0. The first-order chi connectivity index (χ1) is 16.5. The van der Waals surface area contributed by atoms with E-state index in [2.05, 4.69) is 0 Å². The van der Waals surface area contributed by atoms with E-state index < -0.39 is 30.1 Å². The van der Waals surface area contributed by atoms with E-state index in [-0.39, 0.29) is 42.7 Å². The van der Waals surface area contributed by atoms with E-state index >= 15 is 0 Å². The van der Waals surface area contributed by atoms with Gasteiger partial charge >= 0.3 is 12.1 Å². The molecule has 9 heteroatoms. The number of hydrogen-bond acceptors (Lipinski definition) is 6. The molecule has 0 heterocycles. The van der Waals surface area contributed by atoms with Gasteiger partial charge in [0.05, 0.1) is 23.9 Å². The van der Waals surface area contributed by atoms with Crippen molar-refractivity contribution in [1.82, 2.24) is 0 Å². The Morgan fingerprint density at radius 3 is 2.63 bits per heavy atom. The number of hydrogen-bond donors (Lipinski definition) is 3. The molecule has 35 heavy (non-hydrogen) atoms. The summed E-state index contributed by atoms with van der Waals surface area (Å²) in [7, 11) is 0. The van der Waals surface area contributed by atoms with E-state index in [1.807, 2.05) is 12.2 Å². The van der Waals surface area contributed by atoms with Crippen LogP contribution in [-0.4, -0.2) is 52.3 Å². The first-order valence-corrected chi connectivity index (χ1v) is 11.8. The first-order valence-electron chi connectivity index (χ1n) is 11.8. The number of benzene rings is 1. The summed E-state index contributed by atoms with van der Waals surface area (Å²) in [6, 6.07) is 4.40. The Morgan fingerprint density at radius 2 is 1.94 bits per heavy atom. The molecular weight excluding hydrogens is 465 g/mol. The highest BCUT2D eigenvalue weighted by molar-refractivity contribution is 5.69. The first kappa shape index (κ1) is 28.9. The van der Waals surface area contributed by atoms with Gasteiger partial charge in [-0.2, -0.15) is 13.2 Å². The Hall–Kier alpha value is -2.36. The second-order valence-corrected chi connectivity index (χ2v) is 9.04. The second-order valence-electron chi connectivity index (χ2n) is 9.04. The molecule has 0 unspecified atom stereocenters. The van der Waals surface area contributed by atoms with Gasteiger partial charge in [-0.1, -0.05) is 30.4 Å². The smallest absolute Gasteiger partial charge is 0.416 e. The zero-order valence-corrected chi connectivity index (χ0v) is 20.0. The van der Waals surface area contributed by atoms with Crippen molar-refractivity contribution in [2.24, 2.45) is 11.8 Å². The van der Waals surface area contributed by atoms with Crippen LogP contribution in [0.15, 0.2) is 48.6 Å². The second kappa shape index (κ2) is 13.7. The van der Waals surface area contributed by atoms with Crippen LogP contribution in [0, 0.1) is 11.8 Å². The maximum absolute atomic E-state index is 12.8. The number of unbranched alkanes of at least 4 members (excludes halogenated alkanes) is 1. The molecule has 6 nitrogen and oxygen atoms in total. The number of carbonyl (C=O) groups is 1. The molecule has 5 atom stereocenters. The van der Waals surface area contributed by atoms with Crippen molar-refractivity contribution in [3.63, 3.8) is 0 Å². The van der Waals surface area contributed by atoms with Gasteiger partial charge in [0, 0.05) is 18.8 Å². The molecule has 1 aromatic rings. The predicted octanol–water partition coefficient (Wildman–Crippen LogP) is 4.43. The van der Waals surface area contributed by atoms with Crippen LogP contribution in [0.25, 0.3) is 0 Å². The fourth-order valence-electron chi connectivity index (χ4n) is 4.02. The van der Waals surface area contributed by atoms with Crippen LogP contribution in [0.3, 0.4) is 0 Å². The van der Waals surface area contributed by atoms with E-state index in [4.69, 9.17) is 9.47 Å². The zero-order chi connectivity index (χ0) is 26.0. The third kappa shape index (κ3) is 10.0. The molecule has 1 saturated carbocycles. The quantitative estimate of drug-likeness (QED) is 0.223. The molecule has 2 rings (SSSR count). The number of rotatable bonds is 12. The van der Waals surface area contributed by atoms with Crippen LogP contribution in [0.5, 0.6) is 5.75 Å². The van der Waals surface area contributed by atoms with E-state index in [1.165, 1.54) is 18.2 Å². The van der Waals surface area contributed by atoms with Gasteiger partial charge < -0.3 is 24.8 Å². The molecule has 1 aliphatic rings. The third-order valence-corrected chi connectivity index (χ3v) is 5.75. The summed E-state index contributed by atoms with van der Waals surface area (Å²) < 4.78 is 48.8. The molecule has 1 fully saturated rings. The average Bonchev–Trinajstić information content (AvgIpc) is 3.04. The van der Waals surface area contributed by atoms with Gasteiger partial charge in [0.2, 0.25) is 0 Å². The van der Waals surface area contributed by atoms with Crippen LogP contribution < -0.4 is 4.74 Å². The maximum atomic E-state index is 12.8. The molecule has 1 aliphatic carbocycles. The predicted molar refractivity (Wildman–Crippen MR) is 125 cm³/mol. The van der Waals surface area contributed by atoms with Crippen LogP contribution in [-0.2, 0) is 15.7 Å². The molecule has 0 spiro atoms. The van der Waals surface area contributed by atoms with Crippen molar-refractivity contribution in [2.45, 2.75) is 76.5 Å². The molecule has 0 saturated heterocycles. The van der Waals surface area contributed by atoms with Gasteiger partial charge in [0.25, 0.3) is 0 Å². The minimum Gasteiger partial charge on any atom is -0.491 e. The Kier molecular flexibility index (Phi) is 11.3. The number of aliphatic hydroxyl groups excluding tert-OH is 3. The van der Waals surface area contributed by atoms with Gasteiger partial charge in [-0.3, -0.25) is 4.79 Å². The van der Waals surface area contributed by atoms with Crippen molar-refractivity contribution in [1.29, 1.82) is 0 Å². The van der Waals surface area contributed by atoms with Crippen LogP contribution in [0.2, 0.25) is 0 Å². The van der Waals surface area contributed by atoms with Crippen molar-refractivity contribution in [3.8, 4) is 5.75 Å². The number of ether oxygens (including phenoxy) is 2. The van der Waals surface area contributed by atoms with Crippen molar-refractivity contribution in [2.75, 3.05) is 6.61 Å². The molecule has 0 amide bonds. The number of halogens is 3. The van der Waals surface area contributed by atoms with Crippen LogP contribution in [0.4, 0.5) is 13.2 Å². The Morgan fingerprint density at radius 1 is 1.20 bits per heavy atom. The molecular formula is C26H35F3O6. The standard InChI is InChI=1S/C26H35F3O6/c1-17(2)35-25(33)11-6-4-3-5-10-21-22(24(32)15-23(21)31)13-12-19(30)16-34-20-9-7-8-18(14-20)26(27,28)29/h3,5,7-9,12-14,17,19,21-24,30-32H,4,6,10-11,15-16H2,1-2H3/b5-3-,13-12+/t19-,21+,22+,23-,24+/m0/s1. The highest BCUT2D eigenvalue weighted by Gasteiger charge is 2.39. The van der Waals surface area contributed by atoms with Gasteiger partial charge in [-0.25, -0.2) is 0 Å². The lowest BCUT2D eigenvalue weighted by molar-refractivity contribution is -0.147. The normalized spacial score (nSPS) is 23.9. The summed E-state index contributed by atoms with van der Waals surface area (Å²) in [6.07, 6.45) is 2.09. The van der Waals surface area contributed by atoms with E-state index in [9.17, 15) is 33.3 Å². The zero-order valence-electron chi connectivity index (χ0n) is 20.0. The van der Waals surface area contributed by atoms with Crippen molar-refractivity contribution in [3.05, 3.63) is 54.1 Å². The topological polar surface area (TPSA) is 96.2 Å². The summed E-state index contributed by atoms with van der Waals surface area (Å²) in [4.78, 5) is 11.5. The number of alkyl halides is 3. The fraction of sp³-hybridized carbons (Fsp3) is 0.577. The van der Waals surface area contributed by atoms with Crippen LogP contribution >= 0.6 is 0 Å². The van der Waals surface area contributed by atoms with Gasteiger partial charge in [-0.15, -0.1) is 0 Å². The number of carbonyl (C=O) groups excluding carboxylic acids is 1. The van der Waals surface area contributed by atoms with Crippen LogP contribution in [0.1, 0.15) is 51.5 Å². The summed E-state index contributed by atoms with van der Waals surface area (Å²) in [6.45, 7) is 3.34. The summed E-state index contributed by atoms with van der Waals surface area (Å²) in [5.41, 5.74) is -0.838. The van der Waals surface area contributed by atoms with Gasteiger partial charge in [0.15, 0.2) is 0 Å². The molecule has 3 N–H and O–H groups in total. The molecule has 196 valence electrons. The van der Waals surface area contributed by atoms with E-state index in [0.29, 0.717) is 25.7 Å². The molecule has 1 aromatic carbocycles. The van der Waals surface area contributed by atoms with Crippen molar-refractivity contribution >= 4 is 5.97 Å². The maximum Gasteiger partial charge on any atom is 0.416 e. The average molecular weight is 501 g/mol. The summed E-state index contributed by atoms with van der Waals surface area (Å²) in [5.74, 6) is -0.883. The SMILES string of the molecule is CC(C)OC(=O)CCC/C=C\C[C@@H]1[C@@H](/C=C/[C@H](O)COc2cccc(C(F)(F)F)c2)[C@H](O)C[C@@H]1O. The Labute approximate surface area is 204 Å². The number of aliphatic hydroxyl groups is 3. The molecule has 0 aromatic heterocycles. The lowest BCUT2D eigenvalue weighted by Crippen LogP contribution is -2.21. The number of esters is 1. The molecule has 0 bridgehead atoms. The van der Waals surface area contributed by atoms with E-state index in [0.717, 1.165) is 12.1 Å².